The fraction of sp³-hybridized carbons (Fsp3) is 0.833. The summed E-state index contributed by atoms with van der Waals surface area (Å²) in [6, 6.07) is 0. The van der Waals surface area contributed by atoms with E-state index in [0.717, 1.165) is 57.8 Å². The molecule has 1 N–H and O–H groups in total. The van der Waals surface area contributed by atoms with Crippen LogP contribution in [0.1, 0.15) is 32.1 Å². The number of piperazine rings is 1. The van der Waals surface area contributed by atoms with E-state index >= 15 is 0 Å². The third-order valence-electron chi connectivity index (χ3n) is 5.41. The quantitative estimate of drug-likeness (QED) is 0.353. The van der Waals surface area contributed by atoms with Crippen molar-refractivity contribution in [1.82, 2.24) is 20.0 Å². The van der Waals surface area contributed by atoms with Crippen molar-refractivity contribution >= 4 is 41.8 Å². The maximum Gasteiger partial charge on any atom is 0.251 e. The molecule has 3 aliphatic rings. The lowest BCUT2D eigenvalue weighted by Gasteiger charge is -2.37. The number of aliphatic imine (C=N–C) groups is 1. The maximum atomic E-state index is 12.4. The van der Waals surface area contributed by atoms with Crippen LogP contribution in [0.25, 0.3) is 0 Å². The molecule has 0 aromatic rings. The smallest absolute Gasteiger partial charge is 0.251 e. The molecule has 3 aliphatic heterocycles. The average Bonchev–Trinajstić information content (AvgIpc) is 3.24. The summed E-state index contributed by atoms with van der Waals surface area (Å²) in [7, 11) is 1.73. The number of piperidine rings is 1. The lowest BCUT2D eigenvalue weighted by atomic mass is 10.1. The Morgan fingerprint density at radius 3 is 2.22 bits per heavy atom. The van der Waals surface area contributed by atoms with E-state index in [1.807, 2.05) is 9.80 Å². The molecule has 0 aromatic heterocycles. The normalized spacial score (nSPS) is 23.8. The van der Waals surface area contributed by atoms with Crippen LogP contribution in [0.2, 0.25) is 0 Å². The van der Waals surface area contributed by atoms with E-state index in [2.05, 4.69) is 15.2 Å². The fourth-order valence-corrected chi connectivity index (χ4v) is 3.86. The highest BCUT2D eigenvalue weighted by atomic mass is 127. The summed E-state index contributed by atoms with van der Waals surface area (Å²) in [6.45, 7) is 5.47. The van der Waals surface area contributed by atoms with E-state index in [-0.39, 0.29) is 48.4 Å². The molecular formula is C18H32IN5O3. The summed E-state index contributed by atoms with van der Waals surface area (Å²) < 4.78 is 5.50. The number of hydrogen-bond donors (Lipinski definition) is 1. The topological polar surface area (TPSA) is 77.5 Å². The van der Waals surface area contributed by atoms with E-state index in [0.29, 0.717) is 19.7 Å². The van der Waals surface area contributed by atoms with Crippen molar-refractivity contribution in [2.75, 3.05) is 59.5 Å². The van der Waals surface area contributed by atoms with Crippen LogP contribution in [0.3, 0.4) is 0 Å². The molecule has 3 fully saturated rings. The van der Waals surface area contributed by atoms with Gasteiger partial charge < -0.3 is 24.8 Å². The first-order chi connectivity index (χ1) is 12.7. The van der Waals surface area contributed by atoms with Crippen LogP contribution in [0, 0.1) is 0 Å². The molecule has 0 saturated carbocycles. The van der Waals surface area contributed by atoms with Gasteiger partial charge >= 0.3 is 0 Å². The number of carbonyl (C=O) groups is 2. The van der Waals surface area contributed by atoms with E-state index in [4.69, 9.17) is 4.74 Å². The molecule has 3 saturated heterocycles. The maximum absolute atomic E-state index is 12.4. The third-order valence-corrected chi connectivity index (χ3v) is 5.41. The molecule has 0 bridgehead atoms. The molecular weight excluding hydrogens is 461 g/mol. The summed E-state index contributed by atoms with van der Waals surface area (Å²) in [5.41, 5.74) is 0. The zero-order valence-electron chi connectivity index (χ0n) is 16.2. The number of guanidine groups is 1. The largest absolute Gasteiger partial charge is 0.368 e. The molecule has 0 radical (unpaired) electrons. The standard InChI is InChI=1S/C18H31N5O3.HI/c1-19-18(20-14-16(24)21-7-3-2-4-8-21)23-11-9-22(10-12-23)17(25)15-6-5-13-26-15;/h15H,2-14H2,1H3,(H,19,20);1H. The number of nitrogens with zero attached hydrogens (tertiary/aromatic N) is 4. The highest BCUT2D eigenvalue weighted by molar-refractivity contribution is 14.0. The van der Waals surface area contributed by atoms with Crippen molar-refractivity contribution < 1.29 is 14.3 Å². The molecule has 0 spiro atoms. The molecule has 8 nitrogen and oxygen atoms in total. The van der Waals surface area contributed by atoms with E-state index in [1.54, 1.807) is 7.05 Å². The van der Waals surface area contributed by atoms with Crippen LogP contribution in [-0.2, 0) is 14.3 Å². The van der Waals surface area contributed by atoms with Crippen LogP contribution in [0.15, 0.2) is 4.99 Å². The SMILES string of the molecule is CN=C(NCC(=O)N1CCCCC1)N1CCN(C(=O)C2CCCO2)CC1.I. The number of amides is 2. The zero-order chi connectivity index (χ0) is 18.4. The Morgan fingerprint density at radius 1 is 0.963 bits per heavy atom. The van der Waals surface area contributed by atoms with Gasteiger partial charge in [0.1, 0.15) is 6.10 Å². The van der Waals surface area contributed by atoms with Gasteiger partial charge in [-0.15, -0.1) is 24.0 Å². The Bertz CT molecular complexity index is 525. The highest BCUT2D eigenvalue weighted by Gasteiger charge is 2.31. The van der Waals surface area contributed by atoms with Gasteiger partial charge in [-0.1, -0.05) is 0 Å². The van der Waals surface area contributed by atoms with Crippen molar-refractivity contribution in [3.05, 3.63) is 0 Å². The second-order valence-electron chi connectivity index (χ2n) is 7.16. The Labute approximate surface area is 178 Å². The van der Waals surface area contributed by atoms with Crippen molar-refractivity contribution in [2.45, 2.75) is 38.2 Å². The number of nitrogens with one attached hydrogen (secondary N) is 1. The average molecular weight is 493 g/mol. The van der Waals surface area contributed by atoms with Crippen molar-refractivity contribution in [1.29, 1.82) is 0 Å². The van der Waals surface area contributed by atoms with Crippen molar-refractivity contribution in [2.24, 2.45) is 4.99 Å². The van der Waals surface area contributed by atoms with Crippen LogP contribution in [0.4, 0.5) is 0 Å². The second-order valence-corrected chi connectivity index (χ2v) is 7.16. The number of hydrogen-bond acceptors (Lipinski definition) is 4. The highest BCUT2D eigenvalue weighted by Crippen LogP contribution is 2.16. The zero-order valence-corrected chi connectivity index (χ0v) is 18.5. The summed E-state index contributed by atoms with van der Waals surface area (Å²) in [5, 5.41) is 3.19. The summed E-state index contributed by atoms with van der Waals surface area (Å²) in [4.78, 5) is 35.0. The first-order valence-corrected chi connectivity index (χ1v) is 9.83. The number of ether oxygens (including phenoxy) is 1. The fourth-order valence-electron chi connectivity index (χ4n) is 3.86. The van der Waals surface area contributed by atoms with Crippen LogP contribution >= 0.6 is 24.0 Å². The summed E-state index contributed by atoms with van der Waals surface area (Å²) in [6.07, 6.45) is 4.97. The van der Waals surface area contributed by atoms with Crippen LogP contribution < -0.4 is 5.32 Å². The molecule has 1 unspecified atom stereocenters. The molecule has 154 valence electrons. The summed E-state index contributed by atoms with van der Waals surface area (Å²) in [5.74, 6) is 0.989. The van der Waals surface area contributed by atoms with Gasteiger partial charge in [0, 0.05) is 52.9 Å². The van der Waals surface area contributed by atoms with Gasteiger partial charge in [-0.05, 0) is 32.1 Å². The minimum Gasteiger partial charge on any atom is -0.368 e. The number of carbonyl (C=O) groups excluding carboxylic acids is 2. The molecule has 3 rings (SSSR count). The van der Waals surface area contributed by atoms with Gasteiger partial charge in [0.2, 0.25) is 5.91 Å². The van der Waals surface area contributed by atoms with Gasteiger partial charge in [-0.3, -0.25) is 14.6 Å². The van der Waals surface area contributed by atoms with Gasteiger partial charge in [-0.2, -0.15) is 0 Å². The number of likely N-dealkylation sites (tertiary alicyclic amines) is 1. The van der Waals surface area contributed by atoms with Crippen LogP contribution in [-0.4, -0.2) is 98.0 Å². The first-order valence-electron chi connectivity index (χ1n) is 9.83. The minimum absolute atomic E-state index is 0. The molecule has 3 heterocycles. The van der Waals surface area contributed by atoms with E-state index in [9.17, 15) is 9.59 Å². The molecule has 9 heteroatoms. The van der Waals surface area contributed by atoms with E-state index < -0.39 is 0 Å². The predicted molar refractivity (Wildman–Crippen MR) is 114 cm³/mol. The Kier molecular flexibility index (Phi) is 9.07. The number of halogens is 1. The van der Waals surface area contributed by atoms with Gasteiger partial charge in [0.25, 0.3) is 5.91 Å². The molecule has 0 aromatic carbocycles. The third kappa shape index (κ3) is 5.94. The Balaban J connectivity index is 0.00000261. The molecule has 27 heavy (non-hydrogen) atoms. The molecule has 0 aliphatic carbocycles. The predicted octanol–water partition coefficient (Wildman–Crippen LogP) is 0.516. The first kappa shape index (κ1) is 22.2. The molecule has 1 atom stereocenters. The Morgan fingerprint density at radius 2 is 1.63 bits per heavy atom. The van der Waals surface area contributed by atoms with Gasteiger partial charge in [0.05, 0.1) is 6.54 Å². The minimum atomic E-state index is -0.249. The van der Waals surface area contributed by atoms with Gasteiger partial charge in [-0.25, -0.2) is 0 Å². The monoisotopic (exact) mass is 493 g/mol. The van der Waals surface area contributed by atoms with Gasteiger partial charge in [0.15, 0.2) is 5.96 Å². The molecule has 2 amide bonds. The lowest BCUT2D eigenvalue weighted by Crippen LogP contribution is -2.56. The lowest BCUT2D eigenvalue weighted by molar-refractivity contribution is -0.142. The Hall–Kier alpha value is -1.10. The second kappa shape index (κ2) is 11.0. The summed E-state index contributed by atoms with van der Waals surface area (Å²) >= 11 is 0. The van der Waals surface area contributed by atoms with Crippen molar-refractivity contribution in [3.63, 3.8) is 0 Å². The number of rotatable bonds is 3. The van der Waals surface area contributed by atoms with Crippen LogP contribution in [0.5, 0.6) is 0 Å². The van der Waals surface area contributed by atoms with Crippen molar-refractivity contribution in [3.8, 4) is 0 Å². The van der Waals surface area contributed by atoms with E-state index in [1.165, 1.54) is 6.42 Å².